The van der Waals surface area contributed by atoms with E-state index < -0.39 is 9.84 Å². The average molecular weight is 349 g/mol. The summed E-state index contributed by atoms with van der Waals surface area (Å²) in [7, 11) is 0.334. The number of hydrogen-bond acceptors (Lipinski definition) is 5. The highest BCUT2D eigenvalue weighted by molar-refractivity contribution is 7.91. The fraction of sp³-hybridized carbons (Fsp3) is 0.375. The van der Waals surface area contributed by atoms with Gasteiger partial charge in [-0.15, -0.1) is 0 Å². The van der Waals surface area contributed by atoms with Crippen molar-refractivity contribution in [3.63, 3.8) is 0 Å². The number of methoxy groups -OCH3 is 1. The SMILES string of the molecule is COc1ccc(-c2cc(C(=O)NC3CCS(=O)(=O)C3)nn2C)cc1. The predicted octanol–water partition coefficient (Wildman–Crippen LogP) is 1.01. The number of nitrogens with zero attached hydrogens (tertiary/aromatic N) is 2. The molecule has 3 rings (SSSR count). The molecule has 1 aliphatic rings. The van der Waals surface area contributed by atoms with E-state index in [1.807, 2.05) is 24.3 Å². The Balaban J connectivity index is 1.76. The third-order valence-corrected chi connectivity index (χ3v) is 5.83. The molecule has 24 heavy (non-hydrogen) atoms. The number of ether oxygens (including phenoxy) is 1. The second-order valence-corrected chi connectivity index (χ2v) is 8.07. The van der Waals surface area contributed by atoms with Crippen LogP contribution in [-0.2, 0) is 16.9 Å². The van der Waals surface area contributed by atoms with E-state index >= 15 is 0 Å². The molecule has 0 saturated carbocycles. The Kier molecular flexibility index (Phi) is 4.31. The molecule has 1 atom stereocenters. The van der Waals surface area contributed by atoms with Gasteiger partial charge in [-0.1, -0.05) is 0 Å². The molecule has 1 aromatic heterocycles. The van der Waals surface area contributed by atoms with Crippen LogP contribution in [0.25, 0.3) is 11.3 Å². The first-order chi connectivity index (χ1) is 11.4. The standard InChI is InChI=1S/C16H19N3O4S/c1-19-15(11-3-5-13(23-2)6-4-11)9-14(18-19)16(20)17-12-7-8-24(21,22)10-12/h3-6,9,12H,7-8,10H2,1-2H3,(H,17,20). The second kappa shape index (κ2) is 6.27. The normalized spacial score (nSPS) is 19.2. The smallest absolute Gasteiger partial charge is 0.272 e. The van der Waals surface area contributed by atoms with Crippen LogP contribution in [0.2, 0.25) is 0 Å². The maximum Gasteiger partial charge on any atom is 0.272 e. The van der Waals surface area contributed by atoms with Crippen molar-refractivity contribution < 1.29 is 17.9 Å². The number of rotatable bonds is 4. The summed E-state index contributed by atoms with van der Waals surface area (Å²) in [6.07, 6.45) is 0.451. The molecule has 0 radical (unpaired) electrons. The first-order valence-electron chi connectivity index (χ1n) is 7.58. The van der Waals surface area contributed by atoms with E-state index in [0.717, 1.165) is 17.0 Å². The van der Waals surface area contributed by atoms with E-state index in [9.17, 15) is 13.2 Å². The number of sulfone groups is 1. The van der Waals surface area contributed by atoms with Gasteiger partial charge in [0.05, 0.1) is 24.3 Å². The minimum Gasteiger partial charge on any atom is -0.497 e. The molecule has 2 heterocycles. The molecule has 1 fully saturated rings. The van der Waals surface area contributed by atoms with E-state index in [2.05, 4.69) is 10.4 Å². The molecular formula is C16H19N3O4S. The lowest BCUT2D eigenvalue weighted by Crippen LogP contribution is -2.35. The molecule has 0 spiro atoms. The van der Waals surface area contributed by atoms with Crippen LogP contribution in [0.1, 0.15) is 16.9 Å². The zero-order valence-electron chi connectivity index (χ0n) is 13.5. The van der Waals surface area contributed by atoms with Crippen LogP contribution in [0.4, 0.5) is 0 Å². The summed E-state index contributed by atoms with van der Waals surface area (Å²) in [5, 5.41) is 6.98. The quantitative estimate of drug-likeness (QED) is 0.890. The summed E-state index contributed by atoms with van der Waals surface area (Å²) in [5.74, 6) is 0.516. The van der Waals surface area contributed by atoms with Crippen LogP contribution >= 0.6 is 0 Å². The Labute approximate surface area is 140 Å². The van der Waals surface area contributed by atoms with Crippen molar-refractivity contribution in [2.75, 3.05) is 18.6 Å². The molecule has 1 saturated heterocycles. The van der Waals surface area contributed by atoms with Gasteiger partial charge in [-0.3, -0.25) is 9.48 Å². The molecule has 8 heteroatoms. The average Bonchev–Trinajstić information content (AvgIpc) is 3.10. The van der Waals surface area contributed by atoms with Gasteiger partial charge in [0.15, 0.2) is 15.5 Å². The Hall–Kier alpha value is -2.35. The van der Waals surface area contributed by atoms with Crippen molar-refractivity contribution in [3.05, 3.63) is 36.0 Å². The highest BCUT2D eigenvalue weighted by atomic mass is 32.2. The Morgan fingerprint density at radius 3 is 2.62 bits per heavy atom. The molecule has 1 unspecified atom stereocenters. The topological polar surface area (TPSA) is 90.3 Å². The van der Waals surface area contributed by atoms with E-state index in [4.69, 9.17) is 4.74 Å². The van der Waals surface area contributed by atoms with Gasteiger partial charge in [-0.2, -0.15) is 5.10 Å². The monoisotopic (exact) mass is 349 g/mol. The molecular weight excluding hydrogens is 330 g/mol. The van der Waals surface area contributed by atoms with Gasteiger partial charge >= 0.3 is 0 Å². The minimum absolute atomic E-state index is 0.00306. The van der Waals surface area contributed by atoms with Crippen LogP contribution in [0.3, 0.4) is 0 Å². The lowest BCUT2D eigenvalue weighted by Gasteiger charge is -2.08. The van der Waals surface area contributed by atoms with E-state index in [0.29, 0.717) is 6.42 Å². The first kappa shape index (κ1) is 16.5. The minimum atomic E-state index is -3.03. The van der Waals surface area contributed by atoms with E-state index in [1.54, 1.807) is 24.9 Å². The molecule has 0 bridgehead atoms. The zero-order valence-corrected chi connectivity index (χ0v) is 14.3. The van der Waals surface area contributed by atoms with Crippen molar-refractivity contribution in [3.8, 4) is 17.0 Å². The highest BCUT2D eigenvalue weighted by Crippen LogP contribution is 2.23. The lowest BCUT2D eigenvalue weighted by molar-refractivity contribution is 0.0935. The van der Waals surface area contributed by atoms with Gasteiger partial charge in [0, 0.05) is 18.7 Å². The van der Waals surface area contributed by atoms with Crippen molar-refractivity contribution >= 4 is 15.7 Å². The third-order valence-electron chi connectivity index (χ3n) is 4.07. The largest absolute Gasteiger partial charge is 0.497 e. The van der Waals surface area contributed by atoms with Crippen LogP contribution in [0, 0.1) is 0 Å². The van der Waals surface area contributed by atoms with Gasteiger partial charge < -0.3 is 10.1 Å². The molecule has 1 aromatic carbocycles. The number of aromatic nitrogens is 2. The highest BCUT2D eigenvalue weighted by Gasteiger charge is 2.29. The number of hydrogen-bond donors (Lipinski definition) is 1. The Morgan fingerprint density at radius 2 is 2.04 bits per heavy atom. The number of benzene rings is 1. The maximum absolute atomic E-state index is 12.3. The summed E-state index contributed by atoms with van der Waals surface area (Å²) in [4.78, 5) is 12.3. The van der Waals surface area contributed by atoms with Gasteiger partial charge in [0.25, 0.3) is 5.91 Å². The summed E-state index contributed by atoms with van der Waals surface area (Å²) in [6, 6.07) is 8.81. The summed E-state index contributed by atoms with van der Waals surface area (Å²) in [6.45, 7) is 0. The van der Waals surface area contributed by atoms with Crippen LogP contribution in [-0.4, -0.2) is 48.8 Å². The Morgan fingerprint density at radius 1 is 1.33 bits per heavy atom. The van der Waals surface area contributed by atoms with Crippen molar-refractivity contribution in [1.82, 2.24) is 15.1 Å². The zero-order chi connectivity index (χ0) is 17.3. The summed E-state index contributed by atoms with van der Waals surface area (Å²) in [5.41, 5.74) is 1.97. The summed E-state index contributed by atoms with van der Waals surface area (Å²) >= 11 is 0. The van der Waals surface area contributed by atoms with Crippen molar-refractivity contribution in [2.24, 2.45) is 7.05 Å². The summed E-state index contributed by atoms with van der Waals surface area (Å²) < 4.78 is 29.7. The predicted molar refractivity (Wildman–Crippen MR) is 89.7 cm³/mol. The van der Waals surface area contributed by atoms with Gasteiger partial charge in [0.2, 0.25) is 0 Å². The first-order valence-corrected chi connectivity index (χ1v) is 9.40. The van der Waals surface area contributed by atoms with Gasteiger partial charge in [-0.05, 0) is 36.8 Å². The molecule has 2 aromatic rings. The molecule has 7 nitrogen and oxygen atoms in total. The lowest BCUT2D eigenvalue weighted by atomic mass is 10.1. The van der Waals surface area contributed by atoms with E-state index in [1.165, 1.54) is 0 Å². The van der Waals surface area contributed by atoms with Gasteiger partial charge in [-0.25, -0.2) is 8.42 Å². The molecule has 1 aliphatic heterocycles. The maximum atomic E-state index is 12.3. The Bertz CT molecular complexity index is 856. The van der Waals surface area contributed by atoms with E-state index in [-0.39, 0.29) is 29.1 Å². The number of carbonyl (C=O) groups excluding carboxylic acids is 1. The van der Waals surface area contributed by atoms with Gasteiger partial charge in [0.1, 0.15) is 5.75 Å². The number of nitrogens with one attached hydrogen (secondary N) is 1. The van der Waals surface area contributed by atoms with Crippen molar-refractivity contribution in [1.29, 1.82) is 0 Å². The number of amides is 1. The molecule has 0 aliphatic carbocycles. The second-order valence-electron chi connectivity index (χ2n) is 5.84. The molecule has 1 amide bonds. The van der Waals surface area contributed by atoms with Crippen LogP contribution in [0.15, 0.2) is 30.3 Å². The van der Waals surface area contributed by atoms with Crippen molar-refractivity contribution in [2.45, 2.75) is 12.5 Å². The fourth-order valence-corrected chi connectivity index (χ4v) is 4.45. The number of carbonyl (C=O) groups is 1. The molecule has 128 valence electrons. The third kappa shape index (κ3) is 3.43. The number of aryl methyl sites for hydroxylation is 1. The van der Waals surface area contributed by atoms with Crippen LogP contribution < -0.4 is 10.1 Å². The van der Waals surface area contributed by atoms with Crippen LogP contribution in [0.5, 0.6) is 5.75 Å². The molecule has 1 N–H and O–H groups in total. The fourth-order valence-electron chi connectivity index (χ4n) is 2.78.